The molecule has 0 spiro atoms. The SMILES string of the molecule is COc1cc(O)ccc1Sc1ccc(I)cc1. The molecule has 0 aliphatic carbocycles. The van der Waals surface area contributed by atoms with Crippen LogP contribution in [0.15, 0.2) is 52.3 Å². The molecule has 0 saturated heterocycles. The van der Waals surface area contributed by atoms with Gasteiger partial charge in [0.25, 0.3) is 0 Å². The summed E-state index contributed by atoms with van der Waals surface area (Å²) in [7, 11) is 1.60. The molecule has 2 nitrogen and oxygen atoms in total. The van der Waals surface area contributed by atoms with E-state index in [4.69, 9.17) is 4.74 Å². The Labute approximate surface area is 118 Å². The molecule has 0 bridgehead atoms. The average molecular weight is 358 g/mol. The fourth-order valence-corrected chi connectivity index (χ4v) is 2.63. The number of phenolic OH excluding ortho intramolecular Hbond substituents is 1. The summed E-state index contributed by atoms with van der Waals surface area (Å²) >= 11 is 3.90. The summed E-state index contributed by atoms with van der Waals surface area (Å²) in [6, 6.07) is 13.4. The number of aromatic hydroxyl groups is 1. The first-order chi connectivity index (χ1) is 8.19. The van der Waals surface area contributed by atoms with Crippen LogP contribution in [0.25, 0.3) is 0 Å². The van der Waals surface area contributed by atoms with Crippen molar-refractivity contribution in [2.75, 3.05) is 7.11 Å². The van der Waals surface area contributed by atoms with Gasteiger partial charge in [0.05, 0.1) is 12.0 Å². The molecule has 0 unspecified atom stereocenters. The number of benzene rings is 2. The number of rotatable bonds is 3. The maximum Gasteiger partial charge on any atom is 0.136 e. The predicted octanol–water partition coefficient (Wildman–Crippen LogP) is 4.16. The van der Waals surface area contributed by atoms with Crippen LogP contribution in [0.2, 0.25) is 0 Å². The third-order valence-electron chi connectivity index (χ3n) is 2.19. The highest BCUT2D eigenvalue weighted by molar-refractivity contribution is 14.1. The Balaban J connectivity index is 2.26. The lowest BCUT2D eigenvalue weighted by molar-refractivity contribution is 0.398. The lowest BCUT2D eigenvalue weighted by Crippen LogP contribution is -1.85. The number of methoxy groups -OCH3 is 1. The second-order valence-corrected chi connectivity index (χ2v) is 5.75. The fourth-order valence-electron chi connectivity index (χ4n) is 1.37. The summed E-state index contributed by atoms with van der Waals surface area (Å²) in [5.74, 6) is 0.905. The summed E-state index contributed by atoms with van der Waals surface area (Å²) in [6.45, 7) is 0. The Bertz CT molecular complexity index is 511. The first-order valence-electron chi connectivity index (χ1n) is 4.99. The number of hydrogen-bond donors (Lipinski definition) is 1. The van der Waals surface area contributed by atoms with Crippen LogP contribution in [-0.2, 0) is 0 Å². The maximum atomic E-state index is 9.38. The molecule has 2 aromatic rings. The molecular formula is C13H11IO2S. The van der Waals surface area contributed by atoms with E-state index in [2.05, 4.69) is 46.9 Å². The van der Waals surface area contributed by atoms with E-state index >= 15 is 0 Å². The van der Waals surface area contributed by atoms with Crippen molar-refractivity contribution in [3.8, 4) is 11.5 Å². The van der Waals surface area contributed by atoms with Crippen molar-refractivity contribution in [2.24, 2.45) is 0 Å². The van der Waals surface area contributed by atoms with Crippen LogP contribution in [0, 0.1) is 3.57 Å². The van der Waals surface area contributed by atoms with Crippen molar-refractivity contribution in [2.45, 2.75) is 9.79 Å². The van der Waals surface area contributed by atoms with Gasteiger partial charge in [-0.2, -0.15) is 0 Å². The van der Waals surface area contributed by atoms with E-state index in [1.54, 1.807) is 31.0 Å². The summed E-state index contributed by atoms with van der Waals surface area (Å²) in [5.41, 5.74) is 0. The number of ether oxygens (including phenoxy) is 1. The molecule has 17 heavy (non-hydrogen) atoms. The molecule has 0 aliphatic heterocycles. The predicted molar refractivity (Wildman–Crippen MR) is 77.9 cm³/mol. The summed E-state index contributed by atoms with van der Waals surface area (Å²) in [6.07, 6.45) is 0. The minimum atomic E-state index is 0.216. The highest BCUT2D eigenvalue weighted by Gasteiger charge is 2.06. The molecule has 0 aliphatic rings. The van der Waals surface area contributed by atoms with E-state index in [0.717, 1.165) is 9.79 Å². The van der Waals surface area contributed by atoms with Crippen LogP contribution in [0.1, 0.15) is 0 Å². The van der Waals surface area contributed by atoms with E-state index in [-0.39, 0.29) is 5.75 Å². The van der Waals surface area contributed by atoms with Gasteiger partial charge in [-0.15, -0.1) is 0 Å². The Kier molecular flexibility index (Phi) is 4.17. The number of hydrogen-bond acceptors (Lipinski definition) is 3. The van der Waals surface area contributed by atoms with Gasteiger partial charge in [0, 0.05) is 14.5 Å². The molecule has 88 valence electrons. The fraction of sp³-hybridized carbons (Fsp3) is 0.0769. The normalized spacial score (nSPS) is 10.2. The van der Waals surface area contributed by atoms with Gasteiger partial charge < -0.3 is 9.84 Å². The average Bonchev–Trinajstić information content (AvgIpc) is 2.34. The maximum absolute atomic E-state index is 9.38. The van der Waals surface area contributed by atoms with E-state index in [1.807, 2.05) is 6.07 Å². The molecule has 1 N–H and O–H groups in total. The molecule has 0 aromatic heterocycles. The van der Waals surface area contributed by atoms with Crippen molar-refractivity contribution in [1.82, 2.24) is 0 Å². The Hall–Kier alpha value is -0.880. The quantitative estimate of drug-likeness (QED) is 0.836. The van der Waals surface area contributed by atoms with Crippen LogP contribution in [0.5, 0.6) is 11.5 Å². The van der Waals surface area contributed by atoms with Crippen molar-refractivity contribution in [3.05, 3.63) is 46.0 Å². The van der Waals surface area contributed by atoms with E-state index in [9.17, 15) is 5.11 Å². The van der Waals surface area contributed by atoms with Gasteiger partial charge in [-0.1, -0.05) is 11.8 Å². The topological polar surface area (TPSA) is 29.5 Å². The van der Waals surface area contributed by atoms with Crippen molar-refractivity contribution in [3.63, 3.8) is 0 Å². The number of halogens is 1. The molecule has 2 aromatic carbocycles. The van der Waals surface area contributed by atoms with Crippen LogP contribution in [0.4, 0.5) is 0 Å². The third kappa shape index (κ3) is 3.29. The van der Waals surface area contributed by atoms with Gasteiger partial charge >= 0.3 is 0 Å². The number of phenols is 1. The summed E-state index contributed by atoms with van der Waals surface area (Å²) in [5, 5.41) is 9.38. The van der Waals surface area contributed by atoms with Gasteiger partial charge in [0.15, 0.2) is 0 Å². The lowest BCUT2D eigenvalue weighted by Gasteiger charge is -2.08. The lowest BCUT2D eigenvalue weighted by atomic mass is 10.3. The molecule has 4 heteroatoms. The van der Waals surface area contributed by atoms with Gasteiger partial charge in [-0.25, -0.2) is 0 Å². The van der Waals surface area contributed by atoms with Crippen molar-refractivity contribution >= 4 is 34.4 Å². The molecule has 0 amide bonds. The first-order valence-corrected chi connectivity index (χ1v) is 6.89. The van der Waals surface area contributed by atoms with Crippen LogP contribution >= 0.6 is 34.4 Å². The zero-order valence-electron chi connectivity index (χ0n) is 9.18. The highest BCUT2D eigenvalue weighted by Crippen LogP contribution is 2.36. The standard InChI is InChI=1S/C13H11IO2S/c1-16-12-8-10(15)4-7-13(12)17-11-5-2-9(14)3-6-11/h2-8,15H,1H3. The van der Waals surface area contributed by atoms with E-state index in [0.29, 0.717) is 5.75 Å². The van der Waals surface area contributed by atoms with Gasteiger partial charge in [0.1, 0.15) is 11.5 Å². The molecule has 0 fully saturated rings. The van der Waals surface area contributed by atoms with Crippen LogP contribution < -0.4 is 4.74 Å². The summed E-state index contributed by atoms with van der Waals surface area (Å²) in [4.78, 5) is 2.14. The minimum Gasteiger partial charge on any atom is -0.508 e. The second-order valence-electron chi connectivity index (χ2n) is 3.39. The second kappa shape index (κ2) is 5.64. The van der Waals surface area contributed by atoms with Crippen molar-refractivity contribution < 1.29 is 9.84 Å². The highest BCUT2D eigenvalue weighted by atomic mass is 127. The minimum absolute atomic E-state index is 0.216. The monoisotopic (exact) mass is 358 g/mol. The Morgan fingerprint density at radius 2 is 1.82 bits per heavy atom. The zero-order chi connectivity index (χ0) is 12.3. The molecule has 0 heterocycles. The molecule has 0 saturated carbocycles. The Morgan fingerprint density at radius 3 is 2.47 bits per heavy atom. The smallest absolute Gasteiger partial charge is 0.136 e. The molecule has 0 radical (unpaired) electrons. The first kappa shape index (κ1) is 12.6. The van der Waals surface area contributed by atoms with Gasteiger partial charge in [-0.05, 0) is 59.0 Å². The van der Waals surface area contributed by atoms with Crippen LogP contribution in [-0.4, -0.2) is 12.2 Å². The van der Waals surface area contributed by atoms with Crippen molar-refractivity contribution in [1.29, 1.82) is 0 Å². The van der Waals surface area contributed by atoms with Crippen LogP contribution in [0.3, 0.4) is 0 Å². The molecular weight excluding hydrogens is 347 g/mol. The van der Waals surface area contributed by atoms with Gasteiger partial charge in [-0.3, -0.25) is 0 Å². The molecule has 2 rings (SSSR count). The van der Waals surface area contributed by atoms with E-state index in [1.165, 1.54) is 3.57 Å². The summed E-state index contributed by atoms with van der Waals surface area (Å²) < 4.78 is 6.45. The Morgan fingerprint density at radius 1 is 1.12 bits per heavy atom. The zero-order valence-corrected chi connectivity index (χ0v) is 12.2. The van der Waals surface area contributed by atoms with E-state index < -0.39 is 0 Å². The third-order valence-corrected chi connectivity index (χ3v) is 3.97. The largest absolute Gasteiger partial charge is 0.508 e. The van der Waals surface area contributed by atoms with Gasteiger partial charge in [0.2, 0.25) is 0 Å². The molecule has 0 atom stereocenters.